The van der Waals surface area contributed by atoms with Crippen LogP contribution in [0.5, 0.6) is 11.5 Å². The lowest BCUT2D eigenvalue weighted by molar-refractivity contribution is -0.115. The van der Waals surface area contributed by atoms with Gasteiger partial charge in [-0.3, -0.25) is 4.79 Å². The fraction of sp³-hybridized carbons (Fsp3) is 0.321. The lowest BCUT2D eigenvalue weighted by Gasteiger charge is -2.13. The zero-order valence-electron chi connectivity index (χ0n) is 21.6. The van der Waals surface area contributed by atoms with Gasteiger partial charge in [0.05, 0.1) is 24.2 Å². The maximum Gasteiger partial charge on any atom is 0.239 e. The monoisotopic (exact) mass is 518 g/mol. The maximum absolute atomic E-state index is 14.4. The molecule has 2 aromatic carbocycles. The van der Waals surface area contributed by atoms with Crippen molar-refractivity contribution in [3.63, 3.8) is 0 Å². The number of aromatic nitrogens is 3. The molecule has 0 radical (unpaired) electrons. The summed E-state index contributed by atoms with van der Waals surface area (Å²) in [6, 6.07) is 14.3. The number of carbonyl (C=O) groups excluding carboxylic acids is 1. The van der Waals surface area contributed by atoms with Gasteiger partial charge in [0.15, 0.2) is 0 Å². The second kappa shape index (κ2) is 11.2. The molecular weight excluding hydrogens is 487 g/mol. The van der Waals surface area contributed by atoms with E-state index >= 15 is 0 Å². The molecule has 1 unspecified atom stereocenters. The van der Waals surface area contributed by atoms with E-state index in [9.17, 15) is 9.18 Å². The maximum atomic E-state index is 14.4. The van der Waals surface area contributed by atoms with Crippen molar-refractivity contribution in [2.24, 2.45) is 7.05 Å². The number of aryl methyl sites for hydroxylation is 1. The van der Waals surface area contributed by atoms with Gasteiger partial charge in [-0.1, -0.05) is 13.8 Å². The number of amides is 1. The molecule has 0 spiro atoms. The molecule has 1 saturated heterocycles. The summed E-state index contributed by atoms with van der Waals surface area (Å²) in [5.74, 6) is 1.84. The van der Waals surface area contributed by atoms with Gasteiger partial charge in [0, 0.05) is 49.6 Å². The molecule has 2 aromatic heterocycles. The summed E-state index contributed by atoms with van der Waals surface area (Å²) in [5.41, 5.74) is 3.07. The number of anilines is 3. The molecule has 4 aromatic rings. The molecule has 1 fully saturated rings. The van der Waals surface area contributed by atoms with E-state index < -0.39 is 0 Å². The van der Waals surface area contributed by atoms with E-state index in [1.54, 1.807) is 24.4 Å². The third-order valence-electron chi connectivity index (χ3n) is 6.38. The number of carbonyl (C=O) groups is 1. The molecule has 1 atom stereocenters. The van der Waals surface area contributed by atoms with E-state index in [1.807, 2.05) is 49.7 Å². The molecule has 0 saturated carbocycles. The zero-order chi connectivity index (χ0) is 26.6. The summed E-state index contributed by atoms with van der Waals surface area (Å²) in [4.78, 5) is 21.0. The number of ether oxygens (including phenoxy) is 2. The van der Waals surface area contributed by atoms with Crippen LogP contribution < -0.4 is 20.7 Å². The largest absolute Gasteiger partial charge is 0.457 e. The molecule has 1 aliphatic rings. The van der Waals surface area contributed by atoms with Gasteiger partial charge in [0.25, 0.3) is 0 Å². The molecule has 10 heteroatoms. The van der Waals surface area contributed by atoms with Gasteiger partial charge in [0.1, 0.15) is 23.1 Å². The third-order valence-corrected chi connectivity index (χ3v) is 6.38. The number of imidazole rings is 1. The van der Waals surface area contributed by atoms with Crippen LogP contribution in [0.25, 0.3) is 11.0 Å². The third kappa shape index (κ3) is 5.92. The Labute approximate surface area is 220 Å². The summed E-state index contributed by atoms with van der Waals surface area (Å²) in [6.45, 7) is 5.34. The van der Waals surface area contributed by atoms with Crippen molar-refractivity contribution in [3.05, 3.63) is 66.1 Å². The van der Waals surface area contributed by atoms with E-state index in [2.05, 4.69) is 20.9 Å². The average Bonchev–Trinajstić information content (AvgIpc) is 3.53. The second-order valence-corrected chi connectivity index (χ2v) is 9.63. The Hall–Kier alpha value is -4.02. The highest BCUT2D eigenvalue weighted by molar-refractivity contribution is 5.91. The smallest absolute Gasteiger partial charge is 0.239 e. The molecule has 1 aliphatic heterocycles. The van der Waals surface area contributed by atoms with Crippen LogP contribution in [-0.4, -0.2) is 46.2 Å². The quantitative estimate of drug-likeness (QED) is 0.284. The van der Waals surface area contributed by atoms with Crippen molar-refractivity contribution in [2.45, 2.75) is 32.2 Å². The number of hydrogen-bond donors (Lipinski definition) is 3. The molecule has 0 bridgehead atoms. The first kappa shape index (κ1) is 25.6. The molecule has 3 N–H and O–H groups in total. The van der Waals surface area contributed by atoms with Crippen LogP contribution in [0, 0.1) is 5.82 Å². The topological polar surface area (TPSA) is 102 Å². The molecule has 5 rings (SSSR count). The number of pyridine rings is 1. The highest BCUT2D eigenvalue weighted by Crippen LogP contribution is 2.32. The van der Waals surface area contributed by atoms with E-state index in [0.29, 0.717) is 42.0 Å². The van der Waals surface area contributed by atoms with Gasteiger partial charge >= 0.3 is 0 Å². The summed E-state index contributed by atoms with van der Waals surface area (Å²) in [5, 5.41) is 9.15. The highest BCUT2D eigenvalue weighted by Gasteiger charge is 2.21. The van der Waals surface area contributed by atoms with Gasteiger partial charge in [-0.15, -0.1) is 0 Å². The normalized spacial score (nSPS) is 15.2. The van der Waals surface area contributed by atoms with Crippen LogP contribution in [0.3, 0.4) is 0 Å². The van der Waals surface area contributed by atoms with Crippen LogP contribution in [0.4, 0.5) is 21.8 Å². The van der Waals surface area contributed by atoms with Gasteiger partial charge in [0.2, 0.25) is 11.9 Å². The SMILES string of the molecule is CC(C)NCC(=O)Nc1cc(Oc2ccc3c(c2)nc(Nc2ccc(F)c(C4CCOC4)c2)n3C)ccn1. The summed E-state index contributed by atoms with van der Waals surface area (Å²) >= 11 is 0. The van der Waals surface area contributed by atoms with Crippen LogP contribution in [0.1, 0.15) is 31.7 Å². The Balaban J connectivity index is 1.30. The molecule has 0 aliphatic carbocycles. The molecule has 9 nitrogen and oxygen atoms in total. The Morgan fingerprint density at radius 3 is 2.82 bits per heavy atom. The van der Waals surface area contributed by atoms with E-state index in [1.165, 1.54) is 6.07 Å². The second-order valence-electron chi connectivity index (χ2n) is 9.63. The van der Waals surface area contributed by atoms with E-state index in [0.717, 1.165) is 23.1 Å². The number of fused-ring (bicyclic) bond motifs is 1. The van der Waals surface area contributed by atoms with Gasteiger partial charge < -0.3 is 30.0 Å². The minimum absolute atomic E-state index is 0.0654. The van der Waals surface area contributed by atoms with Crippen LogP contribution in [0.15, 0.2) is 54.7 Å². The van der Waals surface area contributed by atoms with Gasteiger partial charge in [-0.25, -0.2) is 14.4 Å². The zero-order valence-corrected chi connectivity index (χ0v) is 21.6. The Kier molecular flexibility index (Phi) is 7.52. The van der Waals surface area contributed by atoms with Crippen LogP contribution in [0.2, 0.25) is 0 Å². The average molecular weight is 519 g/mol. The van der Waals surface area contributed by atoms with Gasteiger partial charge in [-0.2, -0.15) is 0 Å². The standard InChI is InChI=1S/C28H31FN6O3/c1-17(2)31-15-27(36)34-26-14-21(8-10-30-26)38-20-5-7-25-24(13-20)33-28(35(25)3)32-19-4-6-23(29)22(12-19)18-9-11-37-16-18/h4-8,10,12-14,17-18,31H,9,11,15-16H2,1-3H3,(H,32,33)(H,30,34,36). The fourth-order valence-corrected chi connectivity index (χ4v) is 4.36. The molecule has 198 valence electrons. The van der Waals surface area contributed by atoms with Gasteiger partial charge in [-0.05, 0) is 48.4 Å². The van der Waals surface area contributed by atoms with Crippen molar-refractivity contribution >= 4 is 34.4 Å². The summed E-state index contributed by atoms with van der Waals surface area (Å²) in [6.07, 6.45) is 2.40. The van der Waals surface area contributed by atoms with E-state index in [4.69, 9.17) is 14.5 Å². The molecule has 38 heavy (non-hydrogen) atoms. The minimum atomic E-state index is -0.219. The lowest BCUT2D eigenvalue weighted by Crippen LogP contribution is -2.32. The number of benzene rings is 2. The van der Waals surface area contributed by atoms with Crippen LogP contribution >= 0.6 is 0 Å². The first-order valence-electron chi connectivity index (χ1n) is 12.6. The molecule has 1 amide bonds. The predicted molar refractivity (Wildman–Crippen MR) is 145 cm³/mol. The summed E-state index contributed by atoms with van der Waals surface area (Å²) in [7, 11) is 1.92. The Bertz CT molecular complexity index is 1450. The van der Waals surface area contributed by atoms with Crippen molar-refractivity contribution in [2.75, 3.05) is 30.4 Å². The minimum Gasteiger partial charge on any atom is -0.457 e. The van der Waals surface area contributed by atoms with Crippen molar-refractivity contribution < 1.29 is 18.7 Å². The predicted octanol–water partition coefficient (Wildman–Crippen LogP) is 5.08. The number of nitrogens with zero attached hydrogens (tertiary/aromatic N) is 3. The number of hydrogen-bond acceptors (Lipinski definition) is 7. The summed E-state index contributed by atoms with van der Waals surface area (Å²) < 4.78 is 27.8. The lowest BCUT2D eigenvalue weighted by atomic mass is 9.97. The first-order chi connectivity index (χ1) is 18.4. The van der Waals surface area contributed by atoms with Crippen LogP contribution in [-0.2, 0) is 16.6 Å². The Morgan fingerprint density at radius 1 is 1.18 bits per heavy atom. The number of rotatable bonds is 9. The molecule has 3 heterocycles. The van der Waals surface area contributed by atoms with E-state index in [-0.39, 0.29) is 30.2 Å². The molecular formula is C28H31FN6O3. The first-order valence-corrected chi connectivity index (χ1v) is 12.6. The van der Waals surface area contributed by atoms with Crippen molar-refractivity contribution in [1.82, 2.24) is 19.9 Å². The van der Waals surface area contributed by atoms with Crippen molar-refractivity contribution in [1.29, 1.82) is 0 Å². The van der Waals surface area contributed by atoms with Crippen molar-refractivity contribution in [3.8, 4) is 11.5 Å². The Morgan fingerprint density at radius 2 is 2.03 bits per heavy atom. The fourth-order valence-electron chi connectivity index (χ4n) is 4.36. The number of halogens is 1. The highest BCUT2D eigenvalue weighted by atomic mass is 19.1. The number of nitrogens with one attached hydrogen (secondary N) is 3.